The Bertz CT molecular complexity index is 796. The van der Waals surface area contributed by atoms with Crippen LogP contribution in [-0.4, -0.2) is 52.4 Å². The van der Waals surface area contributed by atoms with Gasteiger partial charge >= 0.3 is 0 Å². The molecule has 2 aromatic rings. The number of aromatic nitrogens is 3. The summed E-state index contributed by atoms with van der Waals surface area (Å²) in [5.41, 5.74) is 2.64. The lowest BCUT2D eigenvalue weighted by atomic mass is 9.96. The van der Waals surface area contributed by atoms with Gasteiger partial charge in [-0.15, -0.1) is 5.10 Å². The molecule has 0 unspecified atom stereocenters. The van der Waals surface area contributed by atoms with E-state index in [-0.39, 0.29) is 5.56 Å². The molecule has 0 spiro atoms. The van der Waals surface area contributed by atoms with Gasteiger partial charge in [-0.05, 0) is 50.4 Å². The minimum Gasteiger partial charge on any atom is -0.352 e. The number of rotatable bonds is 5. The van der Waals surface area contributed by atoms with E-state index < -0.39 is 0 Å². The molecule has 3 heterocycles. The first-order valence-electron chi connectivity index (χ1n) is 9.17. The van der Waals surface area contributed by atoms with Crippen LogP contribution in [0.2, 0.25) is 0 Å². The molecule has 6 nitrogen and oxygen atoms in total. The van der Waals surface area contributed by atoms with E-state index in [1.807, 2.05) is 12.3 Å². The smallest absolute Gasteiger partial charge is 0.250 e. The lowest BCUT2D eigenvalue weighted by Gasteiger charge is -2.44. The molecule has 4 rings (SSSR count). The van der Waals surface area contributed by atoms with E-state index >= 15 is 0 Å². The maximum Gasteiger partial charge on any atom is 0.250 e. The molecule has 1 saturated heterocycles. The molecule has 0 radical (unpaired) electrons. The topological polar surface area (TPSA) is 54.3 Å². The van der Waals surface area contributed by atoms with Crippen molar-refractivity contribution in [3.05, 3.63) is 52.1 Å². The van der Waals surface area contributed by atoms with Crippen LogP contribution in [0.25, 0.3) is 0 Å². The molecule has 2 aliphatic rings. The standard InChI is InChI=1S/C19H25N5O/c1-22(10-11-23-9-5-4-8-19(23)25)16-13-24(14-16)18-12-15-6-2-3-7-17(15)20-21-18/h4-5,8-9,12,16H,2-3,6-7,10-11,13-14H2,1H3. The second-order valence-electron chi connectivity index (χ2n) is 7.15. The van der Waals surface area contributed by atoms with Crippen LogP contribution in [0.1, 0.15) is 24.1 Å². The van der Waals surface area contributed by atoms with Crippen molar-refractivity contribution in [2.75, 3.05) is 31.6 Å². The summed E-state index contributed by atoms with van der Waals surface area (Å²) in [5, 5.41) is 8.86. The molecule has 0 atom stereocenters. The van der Waals surface area contributed by atoms with Crippen molar-refractivity contribution in [3.8, 4) is 0 Å². The van der Waals surface area contributed by atoms with Crippen molar-refractivity contribution in [1.29, 1.82) is 0 Å². The molecule has 0 saturated carbocycles. The van der Waals surface area contributed by atoms with Crippen molar-refractivity contribution in [3.63, 3.8) is 0 Å². The highest BCUT2D eigenvalue weighted by Gasteiger charge is 2.31. The maximum atomic E-state index is 11.8. The van der Waals surface area contributed by atoms with Gasteiger partial charge in [0.25, 0.3) is 5.56 Å². The molecule has 2 aromatic heterocycles. The van der Waals surface area contributed by atoms with E-state index in [4.69, 9.17) is 0 Å². The third-order valence-corrected chi connectivity index (χ3v) is 5.46. The Morgan fingerprint density at radius 2 is 2.04 bits per heavy atom. The first-order chi connectivity index (χ1) is 12.2. The number of likely N-dealkylation sites (N-methyl/N-ethyl adjacent to an activating group) is 1. The molecular formula is C19H25N5O. The highest BCUT2D eigenvalue weighted by Crippen LogP contribution is 2.25. The predicted molar refractivity (Wildman–Crippen MR) is 98.0 cm³/mol. The normalized spacial score (nSPS) is 17.4. The Kier molecular flexibility index (Phi) is 4.53. The fourth-order valence-corrected chi connectivity index (χ4v) is 3.65. The summed E-state index contributed by atoms with van der Waals surface area (Å²) in [6.45, 7) is 3.56. The van der Waals surface area contributed by atoms with Crippen LogP contribution >= 0.6 is 0 Å². The number of pyridine rings is 1. The van der Waals surface area contributed by atoms with Crippen LogP contribution in [0.5, 0.6) is 0 Å². The molecule has 6 heteroatoms. The molecule has 132 valence electrons. The minimum atomic E-state index is 0.0652. The van der Waals surface area contributed by atoms with Gasteiger partial charge in [-0.25, -0.2) is 0 Å². The van der Waals surface area contributed by atoms with Crippen LogP contribution in [0.3, 0.4) is 0 Å². The van der Waals surface area contributed by atoms with Gasteiger partial charge in [0.2, 0.25) is 0 Å². The zero-order valence-electron chi connectivity index (χ0n) is 14.8. The highest BCUT2D eigenvalue weighted by atomic mass is 16.1. The van der Waals surface area contributed by atoms with Crippen LogP contribution in [0.15, 0.2) is 35.3 Å². The van der Waals surface area contributed by atoms with Crippen molar-refractivity contribution in [1.82, 2.24) is 19.7 Å². The van der Waals surface area contributed by atoms with Crippen LogP contribution < -0.4 is 10.5 Å². The first kappa shape index (κ1) is 16.3. The third-order valence-electron chi connectivity index (χ3n) is 5.46. The summed E-state index contributed by atoms with van der Waals surface area (Å²) >= 11 is 0. The number of anilines is 1. The minimum absolute atomic E-state index is 0.0652. The average Bonchev–Trinajstić information content (AvgIpc) is 2.60. The first-order valence-corrected chi connectivity index (χ1v) is 9.17. The molecule has 0 N–H and O–H groups in total. The SMILES string of the molecule is CN(CCn1ccccc1=O)C1CN(c2cc3c(nn2)CCCC3)C1. The van der Waals surface area contributed by atoms with E-state index in [1.165, 1.54) is 24.1 Å². The lowest BCUT2D eigenvalue weighted by Crippen LogP contribution is -2.59. The Labute approximate surface area is 148 Å². The van der Waals surface area contributed by atoms with E-state index in [0.717, 1.165) is 44.8 Å². The van der Waals surface area contributed by atoms with Crippen molar-refractivity contribution in [2.45, 2.75) is 38.3 Å². The number of nitrogens with zero attached hydrogens (tertiary/aromatic N) is 5. The van der Waals surface area contributed by atoms with Crippen LogP contribution in [0, 0.1) is 0 Å². The molecule has 0 amide bonds. The highest BCUT2D eigenvalue weighted by molar-refractivity contribution is 5.45. The largest absolute Gasteiger partial charge is 0.352 e. The van der Waals surface area contributed by atoms with Gasteiger partial charge in [0, 0.05) is 44.5 Å². The zero-order valence-corrected chi connectivity index (χ0v) is 14.8. The molecule has 1 fully saturated rings. The summed E-state index contributed by atoms with van der Waals surface area (Å²) in [4.78, 5) is 16.4. The monoisotopic (exact) mass is 339 g/mol. The second kappa shape index (κ2) is 6.96. The van der Waals surface area contributed by atoms with Gasteiger partial charge in [0.1, 0.15) is 0 Å². The summed E-state index contributed by atoms with van der Waals surface area (Å²) in [5.74, 6) is 1.02. The summed E-state index contributed by atoms with van der Waals surface area (Å²) in [6.07, 6.45) is 6.57. The third kappa shape index (κ3) is 3.44. The van der Waals surface area contributed by atoms with Gasteiger partial charge in [-0.3, -0.25) is 9.69 Å². The van der Waals surface area contributed by atoms with E-state index in [1.54, 1.807) is 16.7 Å². The van der Waals surface area contributed by atoms with Crippen LogP contribution in [0.4, 0.5) is 5.82 Å². The lowest BCUT2D eigenvalue weighted by molar-refractivity contribution is 0.197. The average molecular weight is 339 g/mol. The van der Waals surface area contributed by atoms with Gasteiger partial charge in [0.15, 0.2) is 5.82 Å². The van der Waals surface area contributed by atoms with E-state index in [9.17, 15) is 4.79 Å². The Balaban J connectivity index is 1.31. The molecule has 0 aromatic carbocycles. The van der Waals surface area contributed by atoms with E-state index in [0.29, 0.717) is 6.04 Å². The molecule has 0 bridgehead atoms. The quantitative estimate of drug-likeness (QED) is 0.823. The van der Waals surface area contributed by atoms with Gasteiger partial charge < -0.3 is 9.47 Å². The van der Waals surface area contributed by atoms with Crippen molar-refractivity contribution in [2.24, 2.45) is 0 Å². The number of hydrogen-bond acceptors (Lipinski definition) is 5. The van der Waals surface area contributed by atoms with E-state index in [2.05, 4.69) is 33.1 Å². The summed E-state index contributed by atoms with van der Waals surface area (Å²) < 4.78 is 1.77. The molecular weight excluding hydrogens is 314 g/mol. The fourth-order valence-electron chi connectivity index (χ4n) is 3.65. The summed E-state index contributed by atoms with van der Waals surface area (Å²) in [6, 6.07) is 8.05. The van der Waals surface area contributed by atoms with Crippen molar-refractivity contribution < 1.29 is 0 Å². The zero-order chi connectivity index (χ0) is 17.2. The predicted octanol–water partition coefficient (Wildman–Crippen LogP) is 1.34. The second-order valence-corrected chi connectivity index (χ2v) is 7.15. The number of hydrogen-bond donors (Lipinski definition) is 0. The van der Waals surface area contributed by atoms with Crippen molar-refractivity contribution >= 4 is 5.82 Å². The number of fused-ring (bicyclic) bond motifs is 1. The van der Waals surface area contributed by atoms with Gasteiger partial charge in [-0.1, -0.05) is 6.07 Å². The van der Waals surface area contributed by atoms with Gasteiger partial charge in [-0.2, -0.15) is 5.10 Å². The molecule has 25 heavy (non-hydrogen) atoms. The molecule has 1 aliphatic carbocycles. The maximum absolute atomic E-state index is 11.8. The Morgan fingerprint density at radius 3 is 2.88 bits per heavy atom. The molecule has 1 aliphatic heterocycles. The van der Waals surface area contributed by atoms with Crippen LogP contribution in [-0.2, 0) is 19.4 Å². The number of aryl methyl sites for hydroxylation is 2. The Morgan fingerprint density at radius 1 is 1.20 bits per heavy atom. The fraction of sp³-hybridized carbons (Fsp3) is 0.526. The summed E-state index contributed by atoms with van der Waals surface area (Å²) in [7, 11) is 2.13. The van der Waals surface area contributed by atoms with Gasteiger partial charge in [0.05, 0.1) is 5.69 Å². The Hall–Kier alpha value is -2.21.